The lowest BCUT2D eigenvalue weighted by atomic mass is 10.1. The molecule has 0 aliphatic carbocycles. The largest absolute Gasteiger partial charge is 0.294 e. The monoisotopic (exact) mass is 355 g/mol. The van der Waals surface area contributed by atoms with Crippen LogP contribution in [0.5, 0.6) is 0 Å². The Morgan fingerprint density at radius 2 is 1.80 bits per heavy atom. The van der Waals surface area contributed by atoms with Crippen molar-refractivity contribution < 1.29 is 4.79 Å². The van der Waals surface area contributed by atoms with Crippen LogP contribution in [0.1, 0.15) is 11.6 Å². The first kappa shape index (κ1) is 17.1. The second-order valence-corrected chi connectivity index (χ2v) is 6.16. The van der Waals surface area contributed by atoms with E-state index in [4.69, 9.17) is 11.6 Å². The average molecular weight is 356 g/mol. The Bertz CT molecular complexity index is 863. The van der Waals surface area contributed by atoms with Gasteiger partial charge >= 0.3 is 0 Å². The van der Waals surface area contributed by atoms with Crippen LogP contribution in [0.25, 0.3) is 11.4 Å². The van der Waals surface area contributed by atoms with Gasteiger partial charge in [-0.05, 0) is 31.8 Å². The lowest BCUT2D eigenvalue weighted by Gasteiger charge is -2.23. The van der Waals surface area contributed by atoms with E-state index in [2.05, 4.69) is 20.5 Å². The highest BCUT2D eigenvalue weighted by Crippen LogP contribution is 2.25. The van der Waals surface area contributed by atoms with Crippen molar-refractivity contribution in [2.75, 3.05) is 19.4 Å². The van der Waals surface area contributed by atoms with Gasteiger partial charge in [-0.3, -0.25) is 20.1 Å². The number of nitrogens with zero attached hydrogens (tertiary/aromatic N) is 3. The fourth-order valence-corrected chi connectivity index (χ4v) is 2.81. The molecule has 0 saturated heterocycles. The minimum atomic E-state index is -0.441. The fourth-order valence-electron chi connectivity index (χ4n) is 2.59. The third-order valence-electron chi connectivity index (χ3n) is 3.73. The van der Waals surface area contributed by atoms with E-state index < -0.39 is 6.04 Å². The number of hydrogen-bond donors (Lipinski definition) is 2. The summed E-state index contributed by atoms with van der Waals surface area (Å²) >= 11 is 6.16. The minimum absolute atomic E-state index is 0.207. The molecule has 0 aliphatic rings. The summed E-state index contributed by atoms with van der Waals surface area (Å²) in [5.41, 5.74) is 1.62. The summed E-state index contributed by atoms with van der Waals surface area (Å²) in [5, 5.41) is 10.2. The van der Waals surface area contributed by atoms with Crippen LogP contribution >= 0.6 is 11.6 Å². The van der Waals surface area contributed by atoms with E-state index in [0.717, 1.165) is 11.1 Å². The molecule has 0 fully saturated rings. The molecule has 0 aliphatic heterocycles. The highest BCUT2D eigenvalue weighted by Gasteiger charge is 2.24. The number of anilines is 1. The molecule has 1 atom stereocenters. The molecule has 0 spiro atoms. The number of amides is 1. The van der Waals surface area contributed by atoms with Gasteiger partial charge in [-0.15, -0.1) is 5.10 Å². The van der Waals surface area contributed by atoms with E-state index in [1.807, 2.05) is 67.5 Å². The second-order valence-electron chi connectivity index (χ2n) is 5.75. The normalized spacial score (nSPS) is 12.2. The highest BCUT2D eigenvalue weighted by molar-refractivity contribution is 6.33. The van der Waals surface area contributed by atoms with Crippen molar-refractivity contribution in [2.24, 2.45) is 0 Å². The van der Waals surface area contributed by atoms with Crippen LogP contribution in [-0.4, -0.2) is 40.1 Å². The van der Waals surface area contributed by atoms with Crippen molar-refractivity contribution in [2.45, 2.75) is 6.04 Å². The van der Waals surface area contributed by atoms with Crippen molar-refractivity contribution in [1.82, 2.24) is 20.1 Å². The molecule has 1 aromatic heterocycles. The first-order valence-corrected chi connectivity index (χ1v) is 8.13. The van der Waals surface area contributed by atoms with Crippen LogP contribution < -0.4 is 5.32 Å². The molecule has 3 aromatic rings. The van der Waals surface area contributed by atoms with Crippen LogP contribution in [0.3, 0.4) is 0 Å². The standard InChI is InChI=1S/C18H18ClN5O/c1-24(2)15(12-8-4-3-5-9-12)17(25)21-18-20-16(22-23-18)13-10-6-7-11-14(13)19/h3-11,15H,1-2H3,(H2,20,21,22,23,25). The number of aromatic amines is 1. The predicted octanol–water partition coefficient (Wildman–Crippen LogP) is 3.37. The Balaban J connectivity index is 1.80. The zero-order chi connectivity index (χ0) is 17.8. The van der Waals surface area contributed by atoms with Crippen LogP contribution in [-0.2, 0) is 4.79 Å². The number of rotatable bonds is 5. The van der Waals surface area contributed by atoms with E-state index >= 15 is 0 Å². The first-order chi connectivity index (χ1) is 12.1. The second kappa shape index (κ2) is 7.46. The number of H-pyrrole nitrogens is 1. The number of carbonyl (C=O) groups is 1. The number of nitrogens with one attached hydrogen (secondary N) is 2. The number of carbonyl (C=O) groups excluding carboxylic acids is 1. The van der Waals surface area contributed by atoms with E-state index in [-0.39, 0.29) is 11.9 Å². The number of aromatic nitrogens is 3. The molecule has 2 aromatic carbocycles. The fraction of sp³-hybridized carbons (Fsp3) is 0.167. The Morgan fingerprint density at radius 3 is 2.48 bits per heavy atom. The molecule has 1 unspecified atom stereocenters. The summed E-state index contributed by atoms with van der Waals surface area (Å²) in [7, 11) is 3.70. The maximum Gasteiger partial charge on any atom is 0.249 e. The van der Waals surface area contributed by atoms with Gasteiger partial charge in [0.25, 0.3) is 0 Å². The van der Waals surface area contributed by atoms with Crippen molar-refractivity contribution in [3.63, 3.8) is 0 Å². The summed E-state index contributed by atoms with van der Waals surface area (Å²) in [5.74, 6) is 0.505. The van der Waals surface area contributed by atoms with Gasteiger partial charge in [0.15, 0.2) is 5.82 Å². The number of benzene rings is 2. The average Bonchev–Trinajstić information content (AvgIpc) is 3.04. The van der Waals surface area contributed by atoms with E-state index in [9.17, 15) is 4.79 Å². The van der Waals surface area contributed by atoms with Gasteiger partial charge in [-0.2, -0.15) is 4.98 Å². The zero-order valence-corrected chi connectivity index (χ0v) is 14.7. The van der Waals surface area contributed by atoms with Gasteiger partial charge in [0.05, 0.1) is 5.02 Å². The maximum atomic E-state index is 12.7. The van der Waals surface area contributed by atoms with Crippen molar-refractivity contribution in [1.29, 1.82) is 0 Å². The van der Waals surface area contributed by atoms with Gasteiger partial charge in [-0.25, -0.2) is 0 Å². The number of likely N-dealkylation sites (N-methyl/N-ethyl adjacent to an activating group) is 1. The minimum Gasteiger partial charge on any atom is -0.294 e. The van der Waals surface area contributed by atoms with E-state index in [1.165, 1.54) is 0 Å². The number of hydrogen-bond acceptors (Lipinski definition) is 4. The summed E-state index contributed by atoms with van der Waals surface area (Å²) < 4.78 is 0. The van der Waals surface area contributed by atoms with Gasteiger partial charge < -0.3 is 0 Å². The molecule has 3 rings (SSSR count). The predicted molar refractivity (Wildman–Crippen MR) is 98.3 cm³/mol. The Hall–Kier alpha value is -2.70. The highest BCUT2D eigenvalue weighted by atomic mass is 35.5. The van der Waals surface area contributed by atoms with Gasteiger partial charge in [-0.1, -0.05) is 54.1 Å². The Morgan fingerprint density at radius 1 is 1.12 bits per heavy atom. The molecular formula is C18H18ClN5O. The molecule has 0 bridgehead atoms. The molecule has 0 radical (unpaired) electrons. The van der Waals surface area contributed by atoms with Crippen LogP contribution in [0.2, 0.25) is 5.02 Å². The van der Waals surface area contributed by atoms with Crippen LogP contribution in [0.15, 0.2) is 54.6 Å². The summed E-state index contributed by atoms with van der Waals surface area (Å²) in [4.78, 5) is 18.8. The molecule has 7 heteroatoms. The Kier molecular flexibility index (Phi) is 5.11. The lowest BCUT2D eigenvalue weighted by molar-refractivity contribution is -0.120. The molecular weight excluding hydrogens is 338 g/mol. The summed E-state index contributed by atoms with van der Waals surface area (Å²) in [6.45, 7) is 0. The Labute approximate surface area is 150 Å². The summed E-state index contributed by atoms with van der Waals surface area (Å²) in [6.07, 6.45) is 0. The van der Waals surface area contributed by atoms with Crippen LogP contribution in [0.4, 0.5) is 5.95 Å². The SMILES string of the molecule is CN(C)C(C(=O)Nc1n[nH]c(-c2ccccc2Cl)n1)c1ccccc1. The van der Waals surface area contributed by atoms with Gasteiger partial charge in [0, 0.05) is 5.56 Å². The molecule has 128 valence electrons. The molecule has 0 saturated carbocycles. The topological polar surface area (TPSA) is 73.9 Å². The molecule has 1 amide bonds. The van der Waals surface area contributed by atoms with Crippen molar-refractivity contribution in [3.05, 3.63) is 65.2 Å². The quantitative estimate of drug-likeness (QED) is 0.736. The summed E-state index contributed by atoms with van der Waals surface area (Å²) in [6, 6.07) is 16.4. The van der Waals surface area contributed by atoms with Gasteiger partial charge in [0.1, 0.15) is 6.04 Å². The zero-order valence-electron chi connectivity index (χ0n) is 13.9. The lowest BCUT2D eigenvalue weighted by Crippen LogP contribution is -2.32. The third kappa shape index (κ3) is 3.87. The van der Waals surface area contributed by atoms with Crippen molar-refractivity contribution >= 4 is 23.5 Å². The first-order valence-electron chi connectivity index (χ1n) is 7.76. The molecule has 25 heavy (non-hydrogen) atoms. The van der Waals surface area contributed by atoms with E-state index in [0.29, 0.717) is 10.8 Å². The van der Waals surface area contributed by atoms with E-state index in [1.54, 1.807) is 6.07 Å². The smallest absolute Gasteiger partial charge is 0.249 e. The maximum absolute atomic E-state index is 12.7. The third-order valence-corrected chi connectivity index (χ3v) is 4.06. The molecule has 6 nitrogen and oxygen atoms in total. The van der Waals surface area contributed by atoms with Crippen LogP contribution in [0, 0.1) is 0 Å². The van der Waals surface area contributed by atoms with Gasteiger partial charge in [0.2, 0.25) is 11.9 Å². The number of halogens is 1. The molecule has 1 heterocycles. The van der Waals surface area contributed by atoms with Crippen molar-refractivity contribution in [3.8, 4) is 11.4 Å². The molecule has 2 N–H and O–H groups in total.